The standard InChI is InChI=1S/C18H31NO/c1-13(2)11-19-12-15(4)20-17-9-8-16(10-14(17)3)18(5,6)7/h8-10,13,15,19H,11-12H2,1-7H3. The molecule has 0 bridgehead atoms. The van der Waals surface area contributed by atoms with Crippen LogP contribution in [0.3, 0.4) is 0 Å². The first-order chi connectivity index (χ1) is 9.20. The maximum atomic E-state index is 6.03. The average Bonchev–Trinajstić information content (AvgIpc) is 2.29. The first-order valence-corrected chi connectivity index (χ1v) is 7.68. The summed E-state index contributed by atoms with van der Waals surface area (Å²) in [6, 6.07) is 6.52. The fraction of sp³-hybridized carbons (Fsp3) is 0.667. The third-order valence-electron chi connectivity index (χ3n) is 3.35. The van der Waals surface area contributed by atoms with Crippen molar-refractivity contribution in [3.63, 3.8) is 0 Å². The summed E-state index contributed by atoms with van der Waals surface area (Å²) in [5, 5.41) is 3.43. The molecule has 0 saturated heterocycles. The van der Waals surface area contributed by atoms with Crippen LogP contribution in [0.5, 0.6) is 5.75 Å². The number of ether oxygens (including phenoxy) is 1. The molecule has 1 aromatic carbocycles. The van der Waals surface area contributed by atoms with E-state index < -0.39 is 0 Å². The minimum atomic E-state index is 0.188. The summed E-state index contributed by atoms with van der Waals surface area (Å²) in [4.78, 5) is 0. The molecule has 2 nitrogen and oxygen atoms in total. The Kier molecular flexibility index (Phi) is 6.07. The highest BCUT2D eigenvalue weighted by Gasteiger charge is 2.15. The van der Waals surface area contributed by atoms with E-state index in [1.165, 1.54) is 11.1 Å². The maximum Gasteiger partial charge on any atom is 0.122 e. The van der Waals surface area contributed by atoms with Gasteiger partial charge in [-0.1, -0.05) is 46.8 Å². The molecule has 0 aliphatic carbocycles. The van der Waals surface area contributed by atoms with Gasteiger partial charge in [-0.05, 0) is 48.9 Å². The van der Waals surface area contributed by atoms with E-state index in [1.54, 1.807) is 0 Å². The topological polar surface area (TPSA) is 21.3 Å². The molecule has 0 aliphatic heterocycles. The quantitative estimate of drug-likeness (QED) is 0.837. The number of benzene rings is 1. The lowest BCUT2D eigenvalue weighted by Gasteiger charge is -2.22. The molecule has 1 atom stereocenters. The Morgan fingerprint density at radius 2 is 1.75 bits per heavy atom. The summed E-state index contributed by atoms with van der Waals surface area (Å²) in [6.07, 6.45) is 0.188. The van der Waals surface area contributed by atoms with Crippen molar-refractivity contribution in [2.45, 2.75) is 60.0 Å². The van der Waals surface area contributed by atoms with Crippen LogP contribution < -0.4 is 10.1 Å². The normalized spacial score (nSPS) is 13.6. The van der Waals surface area contributed by atoms with Gasteiger partial charge >= 0.3 is 0 Å². The summed E-state index contributed by atoms with van der Waals surface area (Å²) in [7, 11) is 0. The van der Waals surface area contributed by atoms with Crippen LogP contribution in [0.4, 0.5) is 0 Å². The van der Waals surface area contributed by atoms with Crippen molar-refractivity contribution < 1.29 is 4.74 Å². The van der Waals surface area contributed by atoms with Crippen molar-refractivity contribution in [1.82, 2.24) is 5.32 Å². The molecule has 0 aliphatic rings. The highest BCUT2D eigenvalue weighted by Crippen LogP contribution is 2.27. The predicted octanol–water partition coefficient (Wildman–Crippen LogP) is 4.31. The van der Waals surface area contributed by atoms with Crippen LogP contribution >= 0.6 is 0 Å². The van der Waals surface area contributed by atoms with Crippen molar-refractivity contribution in [3.8, 4) is 5.75 Å². The van der Waals surface area contributed by atoms with Gasteiger partial charge < -0.3 is 10.1 Å². The molecule has 0 aromatic heterocycles. The minimum absolute atomic E-state index is 0.188. The molecule has 0 fully saturated rings. The van der Waals surface area contributed by atoms with Crippen LogP contribution in [0.1, 0.15) is 52.7 Å². The van der Waals surface area contributed by atoms with Gasteiger partial charge in [0.25, 0.3) is 0 Å². The molecule has 2 heteroatoms. The van der Waals surface area contributed by atoms with Crippen LogP contribution in [0, 0.1) is 12.8 Å². The van der Waals surface area contributed by atoms with Crippen LogP contribution in [0.25, 0.3) is 0 Å². The van der Waals surface area contributed by atoms with Gasteiger partial charge in [0, 0.05) is 6.54 Å². The summed E-state index contributed by atoms with van der Waals surface area (Å²) >= 11 is 0. The zero-order valence-corrected chi connectivity index (χ0v) is 14.2. The Balaban J connectivity index is 2.60. The number of aryl methyl sites for hydroxylation is 1. The Bertz CT molecular complexity index is 418. The number of nitrogens with one attached hydrogen (secondary N) is 1. The molecule has 20 heavy (non-hydrogen) atoms. The monoisotopic (exact) mass is 277 g/mol. The van der Waals surface area contributed by atoms with Gasteiger partial charge in [0.1, 0.15) is 11.9 Å². The fourth-order valence-corrected chi connectivity index (χ4v) is 2.08. The molecule has 0 saturated carbocycles. The highest BCUT2D eigenvalue weighted by molar-refractivity contribution is 5.38. The Labute approximate surface area is 124 Å². The maximum absolute atomic E-state index is 6.03. The van der Waals surface area contributed by atoms with E-state index in [0.29, 0.717) is 5.92 Å². The third kappa shape index (κ3) is 5.54. The van der Waals surface area contributed by atoms with Gasteiger partial charge in [-0.25, -0.2) is 0 Å². The predicted molar refractivity (Wildman–Crippen MR) is 87.7 cm³/mol. The Morgan fingerprint density at radius 1 is 1.10 bits per heavy atom. The van der Waals surface area contributed by atoms with Crippen molar-refractivity contribution in [2.24, 2.45) is 5.92 Å². The van der Waals surface area contributed by atoms with Gasteiger partial charge in [0.2, 0.25) is 0 Å². The lowest BCUT2D eigenvalue weighted by molar-refractivity contribution is 0.214. The van der Waals surface area contributed by atoms with E-state index in [0.717, 1.165) is 18.8 Å². The summed E-state index contributed by atoms with van der Waals surface area (Å²) in [5.74, 6) is 1.67. The summed E-state index contributed by atoms with van der Waals surface area (Å²) in [6.45, 7) is 17.3. The molecule has 0 heterocycles. The molecule has 1 unspecified atom stereocenters. The van der Waals surface area contributed by atoms with E-state index in [9.17, 15) is 0 Å². The Hall–Kier alpha value is -1.02. The van der Waals surface area contributed by atoms with Crippen molar-refractivity contribution in [1.29, 1.82) is 0 Å². The molecule has 114 valence electrons. The first kappa shape index (κ1) is 17.0. The highest BCUT2D eigenvalue weighted by atomic mass is 16.5. The lowest BCUT2D eigenvalue weighted by Crippen LogP contribution is -2.31. The number of hydrogen-bond donors (Lipinski definition) is 1. The summed E-state index contributed by atoms with van der Waals surface area (Å²) < 4.78 is 6.03. The molecule has 0 radical (unpaired) electrons. The zero-order valence-electron chi connectivity index (χ0n) is 14.2. The van der Waals surface area contributed by atoms with Crippen molar-refractivity contribution >= 4 is 0 Å². The van der Waals surface area contributed by atoms with Crippen LogP contribution in [-0.2, 0) is 5.41 Å². The van der Waals surface area contributed by atoms with E-state index in [4.69, 9.17) is 4.74 Å². The molecule has 1 aromatic rings. The van der Waals surface area contributed by atoms with E-state index >= 15 is 0 Å². The van der Waals surface area contributed by atoms with Crippen LogP contribution in [0.2, 0.25) is 0 Å². The SMILES string of the molecule is Cc1cc(C(C)(C)C)ccc1OC(C)CNCC(C)C. The number of rotatable bonds is 6. The zero-order chi connectivity index (χ0) is 15.3. The molecule has 0 spiro atoms. The van der Waals surface area contributed by atoms with E-state index in [1.807, 2.05) is 0 Å². The second-order valence-corrected chi connectivity index (χ2v) is 7.21. The van der Waals surface area contributed by atoms with E-state index in [2.05, 4.69) is 72.0 Å². The van der Waals surface area contributed by atoms with Gasteiger partial charge in [-0.2, -0.15) is 0 Å². The van der Waals surface area contributed by atoms with Gasteiger partial charge in [-0.3, -0.25) is 0 Å². The second kappa shape index (κ2) is 7.12. The first-order valence-electron chi connectivity index (χ1n) is 7.68. The molecule has 1 N–H and O–H groups in total. The third-order valence-corrected chi connectivity index (χ3v) is 3.35. The Morgan fingerprint density at radius 3 is 2.25 bits per heavy atom. The average molecular weight is 277 g/mol. The van der Waals surface area contributed by atoms with Crippen LogP contribution in [0.15, 0.2) is 18.2 Å². The lowest BCUT2D eigenvalue weighted by atomic mass is 9.86. The summed E-state index contributed by atoms with van der Waals surface area (Å²) in [5.41, 5.74) is 2.76. The molecule has 1 rings (SSSR count). The second-order valence-electron chi connectivity index (χ2n) is 7.21. The molecule has 0 amide bonds. The largest absolute Gasteiger partial charge is 0.489 e. The number of hydrogen-bond acceptors (Lipinski definition) is 2. The van der Waals surface area contributed by atoms with Gasteiger partial charge in [0.05, 0.1) is 0 Å². The van der Waals surface area contributed by atoms with E-state index in [-0.39, 0.29) is 11.5 Å². The molecular weight excluding hydrogens is 246 g/mol. The smallest absolute Gasteiger partial charge is 0.122 e. The van der Waals surface area contributed by atoms with Crippen molar-refractivity contribution in [2.75, 3.05) is 13.1 Å². The van der Waals surface area contributed by atoms with Gasteiger partial charge in [-0.15, -0.1) is 0 Å². The van der Waals surface area contributed by atoms with Crippen LogP contribution in [-0.4, -0.2) is 19.2 Å². The van der Waals surface area contributed by atoms with Gasteiger partial charge in [0.15, 0.2) is 0 Å². The fourth-order valence-electron chi connectivity index (χ4n) is 2.08. The minimum Gasteiger partial charge on any atom is -0.489 e. The molecular formula is C18H31NO. The van der Waals surface area contributed by atoms with Crippen molar-refractivity contribution in [3.05, 3.63) is 29.3 Å².